The van der Waals surface area contributed by atoms with E-state index in [4.69, 9.17) is 9.97 Å². The van der Waals surface area contributed by atoms with Gasteiger partial charge in [-0.1, -0.05) is 206 Å². The van der Waals surface area contributed by atoms with Crippen molar-refractivity contribution in [1.82, 2.24) is 9.97 Å². The highest BCUT2D eigenvalue weighted by Gasteiger charge is 2.53. The lowest BCUT2D eigenvalue weighted by Gasteiger charge is -2.32. The molecular formula is C63H38N2. The van der Waals surface area contributed by atoms with Gasteiger partial charge < -0.3 is 0 Å². The monoisotopic (exact) mass is 822 g/mol. The van der Waals surface area contributed by atoms with Gasteiger partial charge in [-0.2, -0.15) is 0 Å². The molecule has 2 nitrogen and oxygen atoms in total. The number of fused-ring (bicyclic) bond motifs is 17. The minimum Gasteiger partial charge on any atom is -0.228 e. The summed E-state index contributed by atoms with van der Waals surface area (Å²) < 4.78 is 0. The maximum absolute atomic E-state index is 5.17. The normalized spacial score (nSPS) is 13.0. The van der Waals surface area contributed by atoms with Crippen molar-refractivity contribution in [2.24, 2.45) is 0 Å². The molecule has 0 atom stereocenters. The van der Waals surface area contributed by atoms with E-state index >= 15 is 0 Å². The molecule has 2 heteroatoms. The predicted octanol–water partition coefficient (Wildman–Crippen LogP) is 16.1. The van der Waals surface area contributed by atoms with Gasteiger partial charge in [-0.05, 0) is 123 Å². The Morgan fingerprint density at radius 3 is 1.62 bits per heavy atom. The van der Waals surface area contributed by atoms with Crippen molar-refractivity contribution in [2.75, 3.05) is 0 Å². The van der Waals surface area contributed by atoms with Crippen LogP contribution in [0.25, 0.3) is 110 Å². The van der Waals surface area contributed by atoms with Crippen LogP contribution in [-0.4, -0.2) is 9.97 Å². The van der Waals surface area contributed by atoms with Crippen molar-refractivity contribution in [3.63, 3.8) is 0 Å². The molecular weight excluding hydrogens is 785 g/mol. The van der Waals surface area contributed by atoms with Crippen molar-refractivity contribution in [3.05, 3.63) is 253 Å². The van der Waals surface area contributed by atoms with E-state index in [0.29, 0.717) is 5.82 Å². The average Bonchev–Trinajstić information content (AvgIpc) is 3.85. The lowest BCUT2D eigenvalue weighted by atomic mass is 9.69. The molecule has 1 spiro atoms. The van der Waals surface area contributed by atoms with E-state index in [1.165, 1.54) is 93.2 Å². The maximum Gasteiger partial charge on any atom is 0.160 e. The molecule has 14 rings (SSSR count). The second-order valence-corrected chi connectivity index (χ2v) is 17.6. The highest BCUT2D eigenvalue weighted by atomic mass is 14.9. The number of hydrogen-bond donors (Lipinski definition) is 0. The van der Waals surface area contributed by atoms with Gasteiger partial charge in [-0.15, -0.1) is 0 Å². The molecule has 0 aliphatic heterocycles. The maximum atomic E-state index is 5.17. The van der Waals surface area contributed by atoms with Crippen molar-refractivity contribution < 1.29 is 0 Å². The van der Waals surface area contributed by atoms with E-state index in [9.17, 15) is 0 Å². The van der Waals surface area contributed by atoms with Gasteiger partial charge in [-0.3, -0.25) is 0 Å². The molecule has 11 aromatic carbocycles. The molecule has 0 bridgehead atoms. The first-order valence-corrected chi connectivity index (χ1v) is 22.5. The standard InChI is InChI=1S/C63H38N2/c1-2-16-42(17-3-1)62-64-58(38-59(65-62)51-26-14-18-40-15-4-5-19-46(40)51)41-31-29-39(30-32-41)43-33-34-44-36-54-57(37-45(44)35-43)63(55-27-12-10-22-49(55)50-23-11-13-28-56(50)63)61-53-25-9-7-21-48(53)47-20-6-8-24-52(47)60(54)61/h1-38H. The number of aromatic nitrogens is 2. The lowest BCUT2D eigenvalue weighted by molar-refractivity contribution is 0.803. The van der Waals surface area contributed by atoms with Crippen molar-refractivity contribution in [2.45, 2.75) is 5.41 Å². The zero-order chi connectivity index (χ0) is 42.6. The zero-order valence-corrected chi connectivity index (χ0v) is 35.3. The van der Waals surface area contributed by atoms with Crippen LogP contribution in [0, 0.1) is 0 Å². The van der Waals surface area contributed by atoms with Gasteiger partial charge in [0.2, 0.25) is 0 Å². The Bertz CT molecular complexity index is 3890. The molecule has 300 valence electrons. The third kappa shape index (κ3) is 5.17. The summed E-state index contributed by atoms with van der Waals surface area (Å²) in [5.74, 6) is 0.714. The molecule has 1 heterocycles. The molecule has 0 saturated heterocycles. The molecule has 0 N–H and O–H groups in total. The predicted molar refractivity (Wildman–Crippen MR) is 270 cm³/mol. The molecule has 0 saturated carbocycles. The topological polar surface area (TPSA) is 25.8 Å². The van der Waals surface area contributed by atoms with Crippen molar-refractivity contribution in [3.8, 4) is 67.3 Å². The van der Waals surface area contributed by atoms with E-state index in [0.717, 1.165) is 33.6 Å². The molecule has 0 radical (unpaired) electrons. The third-order valence-corrected chi connectivity index (χ3v) is 14.2. The summed E-state index contributed by atoms with van der Waals surface area (Å²) in [5, 5.41) is 10.1. The summed E-state index contributed by atoms with van der Waals surface area (Å²) in [6.45, 7) is 0. The first-order valence-electron chi connectivity index (χ1n) is 22.5. The van der Waals surface area contributed by atoms with Crippen LogP contribution in [0.15, 0.2) is 231 Å². The van der Waals surface area contributed by atoms with E-state index < -0.39 is 5.41 Å². The molecule has 1 aromatic heterocycles. The third-order valence-electron chi connectivity index (χ3n) is 14.2. The minimum absolute atomic E-state index is 0.478. The SMILES string of the molecule is c1ccc(-c2nc(-c3ccc(-c4ccc5cc6c(cc5c4)C4(c5ccccc5-c5ccccc54)c4c-6c5ccccc5c5ccccc45)cc3)cc(-c3cccc4ccccc34)n2)cc1. The average molecular weight is 823 g/mol. The highest BCUT2D eigenvalue weighted by Crippen LogP contribution is 2.65. The summed E-state index contributed by atoms with van der Waals surface area (Å²) in [6, 6.07) is 84.6. The summed E-state index contributed by atoms with van der Waals surface area (Å²) >= 11 is 0. The Labute approximate surface area is 376 Å². The fraction of sp³-hybridized carbons (Fsp3) is 0.0159. The van der Waals surface area contributed by atoms with E-state index in [1.54, 1.807) is 0 Å². The summed E-state index contributed by atoms with van der Waals surface area (Å²) in [5.41, 5.74) is 17.6. The van der Waals surface area contributed by atoms with Crippen LogP contribution in [0.5, 0.6) is 0 Å². The molecule has 12 aromatic rings. The van der Waals surface area contributed by atoms with Crippen LogP contribution >= 0.6 is 0 Å². The van der Waals surface area contributed by atoms with Crippen LogP contribution in [0.3, 0.4) is 0 Å². The van der Waals surface area contributed by atoms with Crippen LogP contribution in [-0.2, 0) is 5.41 Å². The lowest BCUT2D eigenvalue weighted by Crippen LogP contribution is -2.26. The quantitative estimate of drug-likeness (QED) is 0.165. The Kier molecular flexibility index (Phi) is 7.64. The molecule has 65 heavy (non-hydrogen) atoms. The molecule has 0 unspecified atom stereocenters. The summed E-state index contributed by atoms with van der Waals surface area (Å²) in [6.07, 6.45) is 0. The Balaban J connectivity index is 0.939. The second-order valence-electron chi connectivity index (χ2n) is 17.6. The Hall–Kier alpha value is -8.46. The largest absolute Gasteiger partial charge is 0.228 e. The van der Waals surface area contributed by atoms with Crippen LogP contribution in [0.1, 0.15) is 22.3 Å². The molecule has 0 amide bonds. The van der Waals surface area contributed by atoms with Crippen LogP contribution < -0.4 is 0 Å². The fourth-order valence-corrected chi connectivity index (χ4v) is 11.5. The van der Waals surface area contributed by atoms with Gasteiger partial charge in [0.1, 0.15) is 0 Å². The van der Waals surface area contributed by atoms with Crippen molar-refractivity contribution in [1.29, 1.82) is 0 Å². The molecule has 2 aliphatic carbocycles. The van der Waals surface area contributed by atoms with Gasteiger partial charge in [0.05, 0.1) is 16.8 Å². The Morgan fingerprint density at radius 1 is 0.277 bits per heavy atom. The zero-order valence-electron chi connectivity index (χ0n) is 35.3. The summed E-state index contributed by atoms with van der Waals surface area (Å²) in [7, 11) is 0. The van der Waals surface area contributed by atoms with Gasteiger partial charge >= 0.3 is 0 Å². The second kappa shape index (κ2) is 13.8. The molecule has 0 fully saturated rings. The first-order chi connectivity index (χ1) is 32.2. The number of rotatable bonds is 4. The van der Waals surface area contributed by atoms with Gasteiger partial charge in [0.15, 0.2) is 5.82 Å². The van der Waals surface area contributed by atoms with E-state index in [2.05, 4.69) is 212 Å². The number of benzene rings is 11. The fourth-order valence-electron chi connectivity index (χ4n) is 11.5. The number of nitrogens with zero attached hydrogens (tertiary/aromatic N) is 2. The molecule has 2 aliphatic rings. The number of hydrogen-bond acceptors (Lipinski definition) is 2. The van der Waals surface area contributed by atoms with Gasteiger partial charge in [0.25, 0.3) is 0 Å². The summed E-state index contributed by atoms with van der Waals surface area (Å²) in [4.78, 5) is 10.3. The van der Waals surface area contributed by atoms with E-state index in [-0.39, 0.29) is 0 Å². The van der Waals surface area contributed by atoms with Crippen LogP contribution in [0.4, 0.5) is 0 Å². The van der Waals surface area contributed by atoms with E-state index in [1.807, 2.05) is 18.2 Å². The van der Waals surface area contributed by atoms with Gasteiger partial charge in [-0.25, -0.2) is 9.97 Å². The smallest absolute Gasteiger partial charge is 0.160 e. The minimum atomic E-state index is -0.478. The van der Waals surface area contributed by atoms with Crippen LogP contribution in [0.2, 0.25) is 0 Å². The first kappa shape index (κ1) is 36.1. The van der Waals surface area contributed by atoms with Gasteiger partial charge in [0, 0.05) is 16.7 Å². The highest BCUT2D eigenvalue weighted by molar-refractivity contribution is 6.20. The van der Waals surface area contributed by atoms with Crippen molar-refractivity contribution >= 4 is 43.1 Å². The Morgan fingerprint density at radius 2 is 0.846 bits per heavy atom.